The van der Waals surface area contributed by atoms with E-state index >= 15 is 0 Å². The summed E-state index contributed by atoms with van der Waals surface area (Å²) in [6, 6.07) is 0. The predicted molar refractivity (Wildman–Crippen MR) is 31.8 cm³/mol. The number of hydrazine groups is 1. The van der Waals surface area contributed by atoms with Crippen LogP contribution in [0.1, 0.15) is 12.8 Å². The summed E-state index contributed by atoms with van der Waals surface area (Å²) in [6.45, 7) is 0.390. The molecular formula is C4H14N2O2. The molecule has 0 saturated carbocycles. The van der Waals surface area contributed by atoms with Crippen molar-refractivity contribution in [3.63, 3.8) is 0 Å². The van der Waals surface area contributed by atoms with Gasteiger partial charge < -0.3 is 10.2 Å². The van der Waals surface area contributed by atoms with Crippen molar-refractivity contribution < 1.29 is 10.2 Å². The molecule has 0 rings (SSSR count). The van der Waals surface area contributed by atoms with E-state index < -0.39 is 0 Å². The lowest BCUT2D eigenvalue weighted by molar-refractivity contribution is 0.242. The molecule has 0 aromatic carbocycles. The average molecular weight is 122 g/mol. The van der Waals surface area contributed by atoms with Crippen LogP contribution in [0.15, 0.2) is 0 Å². The number of hydrogen-bond donors (Lipinski definition) is 4. The first kappa shape index (κ1) is 10.8. The maximum atomic E-state index is 8.09. The van der Waals surface area contributed by atoms with Gasteiger partial charge >= 0.3 is 0 Å². The third-order valence-corrected chi connectivity index (χ3v) is 0.566. The van der Waals surface area contributed by atoms with Crippen molar-refractivity contribution in [2.45, 2.75) is 12.8 Å². The van der Waals surface area contributed by atoms with E-state index in [1.165, 1.54) is 0 Å². The summed E-state index contributed by atoms with van der Waals surface area (Å²) < 4.78 is 0. The number of aliphatic hydroxyl groups is 2. The van der Waals surface area contributed by atoms with Crippen LogP contribution < -0.4 is 11.7 Å². The topological polar surface area (TPSA) is 92.5 Å². The van der Waals surface area contributed by atoms with Crippen LogP contribution in [0.3, 0.4) is 0 Å². The number of unbranched alkanes of at least 4 members (excludes halogenated alkanes) is 1. The second-order valence-corrected chi connectivity index (χ2v) is 1.15. The lowest BCUT2D eigenvalue weighted by atomic mass is 10.3. The van der Waals surface area contributed by atoms with Gasteiger partial charge in [-0.05, 0) is 12.8 Å². The fraction of sp³-hybridized carbons (Fsp3) is 1.00. The number of nitrogens with two attached hydrogens (primary N) is 2. The number of rotatable bonds is 3. The van der Waals surface area contributed by atoms with Crippen LogP contribution in [0.25, 0.3) is 0 Å². The van der Waals surface area contributed by atoms with Gasteiger partial charge in [-0.2, -0.15) is 0 Å². The SMILES string of the molecule is NN.OCCCCO. The molecule has 0 unspecified atom stereocenters. The van der Waals surface area contributed by atoms with Gasteiger partial charge in [0.25, 0.3) is 0 Å². The monoisotopic (exact) mass is 122 g/mol. The van der Waals surface area contributed by atoms with Crippen molar-refractivity contribution in [1.29, 1.82) is 0 Å². The molecule has 0 atom stereocenters. The summed E-state index contributed by atoms with van der Waals surface area (Å²) in [7, 11) is 0. The first-order valence-electron chi connectivity index (χ1n) is 2.47. The Hall–Kier alpha value is -0.160. The molecule has 6 N–H and O–H groups in total. The molecule has 0 aliphatic heterocycles. The Morgan fingerprint density at radius 1 is 0.875 bits per heavy atom. The maximum absolute atomic E-state index is 8.09. The van der Waals surface area contributed by atoms with E-state index in [0.717, 1.165) is 12.8 Å². The van der Waals surface area contributed by atoms with E-state index in [1.54, 1.807) is 0 Å². The molecule has 0 aliphatic carbocycles. The lowest BCUT2D eigenvalue weighted by Gasteiger charge is -1.85. The van der Waals surface area contributed by atoms with Gasteiger partial charge in [-0.3, -0.25) is 11.7 Å². The molecular weight excluding hydrogens is 108 g/mol. The first-order valence-corrected chi connectivity index (χ1v) is 2.47. The zero-order chi connectivity index (χ0) is 6.83. The van der Waals surface area contributed by atoms with Crippen molar-refractivity contribution in [1.82, 2.24) is 0 Å². The third-order valence-electron chi connectivity index (χ3n) is 0.566. The van der Waals surface area contributed by atoms with E-state index in [0.29, 0.717) is 0 Å². The van der Waals surface area contributed by atoms with Crippen LogP contribution in [0.5, 0.6) is 0 Å². The van der Waals surface area contributed by atoms with Crippen molar-refractivity contribution in [2.75, 3.05) is 13.2 Å². The van der Waals surface area contributed by atoms with E-state index in [2.05, 4.69) is 11.7 Å². The van der Waals surface area contributed by atoms with Gasteiger partial charge in [-0.15, -0.1) is 0 Å². The van der Waals surface area contributed by atoms with Gasteiger partial charge in [0.2, 0.25) is 0 Å². The molecule has 8 heavy (non-hydrogen) atoms. The first-order chi connectivity index (χ1) is 3.91. The minimum Gasteiger partial charge on any atom is -0.396 e. The van der Waals surface area contributed by atoms with E-state index in [1.807, 2.05) is 0 Å². The molecule has 0 radical (unpaired) electrons. The maximum Gasteiger partial charge on any atom is 0.0431 e. The van der Waals surface area contributed by atoms with Crippen molar-refractivity contribution in [3.8, 4) is 0 Å². The van der Waals surface area contributed by atoms with Gasteiger partial charge in [0.15, 0.2) is 0 Å². The second kappa shape index (κ2) is 15.8. The second-order valence-electron chi connectivity index (χ2n) is 1.15. The quantitative estimate of drug-likeness (QED) is 0.210. The smallest absolute Gasteiger partial charge is 0.0431 e. The summed E-state index contributed by atoms with van der Waals surface area (Å²) in [4.78, 5) is 0. The Bertz CT molecular complexity index is 24.0. The van der Waals surface area contributed by atoms with Crippen LogP contribution >= 0.6 is 0 Å². The summed E-state index contributed by atoms with van der Waals surface area (Å²) in [5, 5.41) is 16.2. The molecule has 0 aliphatic rings. The number of hydrogen-bond acceptors (Lipinski definition) is 4. The van der Waals surface area contributed by atoms with Gasteiger partial charge in [0, 0.05) is 13.2 Å². The highest BCUT2D eigenvalue weighted by molar-refractivity contribution is 4.30. The van der Waals surface area contributed by atoms with E-state index in [4.69, 9.17) is 10.2 Å². The highest BCUT2D eigenvalue weighted by atomic mass is 16.3. The van der Waals surface area contributed by atoms with Crippen LogP contribution in [0, 0.1) is 0 Å². The third kappa shape index (κ3) is 17.0. The minimum atomic E-state index is 0.195. The summed E-state index contributed by atoms with van der Waals surface area (Å²) >= 11 is 0. The minimum absolute atomic E-state index is 0.195. The molecule has 0 bridgehead atoms. The van der Waals surface area contributed by atoms with Gasteiger partial charge in [-0.25, -0.2) is 0 Å². The Labute approximate surface area is 49.1 Å². The van der Waals surface area contributed by atoms with Gasteiger partial charge in [-0.1, -0.05) is 0 Å². The summed E-state index contributed by atoms with van der Waals surface area (Å²) in [5.41, 5.74) is 0. The average Bonchev–Trinajstić information content (AvgIpc) is 1.88. The molecule has 4 nitrogen and oxygen atoms in total. The Balaban J connectivity index is 0. The lowest BCUT2D eigenvalue weighted by Crippen LogP contribution is -2.02. The van der Waals surface area contributed by atoms with Gasteiger partial charge in [0.05, 0.1) is 0 Å². The molecule has 0 fully saturated rings. The predicted octanol–water partition coefficient (Wildman–Crippen LogP) is -1.43. The zero-order valence-corrected chi connectivity index (χ0v) is 4.88. The van der Waals surface area contributed by atoms with E-state index in [-0.39, 0.29) is 13.2 Å². The fourth-order valence-corrected chi connectivity index (χ4v) is 0.224. The molecule has 0 amide bonds. The molecule has 4 heteroatoms. The van der Waals surface area contributed by atoms with Crippen LogP contribution in [-0.2, 0) is 0 Å². The molecule has 0 aromatic heterocycles. The summed E-state index contributed by atoms with van der Waals surface area (Å²) in [6.07, 6.45) is 1.44. The van der Waals surface area contributed by atoms with Crippen LogP contribution in [-0.4, -0.2) is 23.4 Å². The Morgan fingerprint density at radius 3 is 1.25 bits per heavy atom. The number of aliphatic hydroxyl groups excluding tert-OH is 2. The highest BCUT2D eigenvalue weighted by Crippen LogP contribution is 1.80. The zero-order valence-electron chi connectivity index (χ0n) is 4.88. The standard InChI is InChI=1S/C4H10O2.H4N2/c5-3-1-2-4-6;1-2/h5-6H,1-4H2;1-2H2. The van der Waals surface area contributed by atoms with Crippen molar-refractivity contribution >= 4 is 0 Å². The normalized spacial score (nSPS) is 7.50. The molecule has 52 valence electrons. The molecule has 0 aromatic rings. The Morgan fingerprint density at radius 2 is 1.12 bits per heavy atom. The highest BCUT2D eigenvalue weighted by Gasteiger charge is 1.77. The summed E-state index contributed by atoms with van der Waals surface area (Å²) in [5.74, 6) is 8.00. The molecule has 0 heterocycles. The molecule has 0 saturated heterocycles. The van der Waals surface area contributed by atoms with Crippen LogP contribution in [0.2, 0.25) is 0 Å². The van der Waals surface area contributed by atoms with E-state index in [9.17, 15) is 0 Å². The largest absolute Gasteiger partial charge is 0.396 e. The van der Waals surface area contributed by atoms with Crippen molar-refractivity contribution in [3.05, 3.63) is 0 Å². The fourth-order valence-electron chi connectivity index (χ4n) is 0.224. The Kier molecular flexibility index (Phi) is 21.3. The van der Waals surface area contributed by atoms with Gasteiger partial charge in [0.1, 0.15) is 0 Å². The molecule has 0 spiro atoms. The van der Waals surface area contributed by atoms with Crippen molar-refractivity contribution in [2.24, 2.45) is 11.7 Å². The van der Waals surface area contributed by atoms with Crippen LogP contribution in [0.4, 0.5) is 0 Å².